The number of hydrogen-bond acceptors (Lipinski definition) is 3. The average molecular weight is 395 g/mol. The third kappa shape index (κ3) is 3.87. The summed E-state index contributed by atoms with van der Waals surface area (Å²) in [5.74, 6) is -3.20. The standard InChI is InChI=1S/C20H24F3N3O2/c21-14-1-2-15(19(23)18(14)22)26-17(28)9-24-16(27)10-25-20-6-11-3-12(7-20)5-13(4-11)8-20/h1-2,11-13,25H,3-10H2,(H,24,27)(H,26,28). The summed E-state index contributed by atoms with van der Waals surface area (Å²) in [6, 6.07) is 1.66. The fourth-order valence-electron chi connectivity index (χ4n) is 5.65. The summed E-state index contributed by atoms with van der Waals surface area (Å²) >= 11 is 0. The lowest BCUT2D eigenvalue weighted by atomic mass is 9.53. The van der Waals surface area contributed by atoms with Gasteiger partial charge in [0, 0.05) is 5.54 Å². The fourth-order valence-corrected chi connectivity index (χ4v) is 5.65. The minimum absolute atomic E-state index is 0.0448. The summed E-state index contributed by atoms with van der Waals surface area (Å²) in [4.78, 5) is 24.0. The van der Waals surface area contributed by atoms with Crippen LogP contribution in [0, 0.1) is 35.2 Å². The van der Waals surface area contributed by atoms with E-state index in [9.17, 15) is 22.8 Å². The minimum Gasteiger partial charge on any atom is -0.346 e. The summed E-state index contributed by atoms with van der Waals surface area (Å²) < 4.78 is 39.7. The van der Waals surface area contributed by atoms with Crippen molar-refractivity contribution in [2.75, 3.05) is 18.4 Å². The monoisotopic (exact) mass is 395 g/mol. The van der Waals surface area contributed by atoms with Gasteiger partial charge in [-0.25, -0.2) is 13.2 Å². The molecule has 4 bridgehead atoms. The van der Waals surface area contributed by atoms with E-state index in [0.29, 0.717) is 0 Å². The molecule has 4 fully saturated rings. The molecule has 1 aromatic carbocycles. The smallest absolute Gasteiger partial charge is 0.243 e. The quantitative estimate of drug-likeness (QED) is 0.649. The zero-order valence-electron chi connectivity index (χ0n) is 15.5. The Morgan fingerprint density at radius 1 is 0.893 bits per heavy atom. The van der Waals surface area contributed by atoms with Crippen molar-refractivity contribution < 1.29 is 22.8 Å². The Hall–Kier alpha value is -2.09. The molecule has 0 saturated heterocycles. The molecule has 0 aliphatic heterocycles. The summed E-state index contributed by atoms with van der Waals surface area (Å²) in [5, 5.41) is 8.03. The van der Waals surface area contributed by atoms with E-state index in [1.807, 2.05) is 0 Å². The van der Waals surface area contributed by atoms with Crippen molar-refractivity contribution in [3.05, 3.63) is 29.6 Å². The van der Waals surface area contributed by atoms with Crippen LogP contribution in [-0.4, -0.2) is 30.4 Å². The van der Waals surface area contributed by atoms with Gasteiger partial charge in [0.25, 0.3) is 0 Å². The van der Waals surface area contributed by atoms with Crippen LogP contribution in [0.25, 0.3) is 0 Å². The van der Waals surface area contributed by atoms with Gasteiger partial charge in [-0.1, -0.05) is 0 Å². The van der Waals surface area contributed by atoms with Crippen LogP contribution in [0.2, 0.25) is 0 Å². The third-order valence-corrected chi connectivity index (χ3v) is 6.42. The molecule has 5 nitrogen and oxygen atoms in total. The van der Waals surface area contributed by atoms with Crippen LogP contribution in [0.5, 0.6) is 0 Å². The number of carbonyl (C=O) groups is 2. The Balaban J connectivity index is 1.24. The fraction of sp³-hybridized carbons (Fsp3) is 0.600. The molecule has 2 amide bonds. The number of halogens is 3. The molecule has 28 heavy (non-hydrogen) atoms. The van der Waals surface area contributed by atoms with E-state index in [4.69, 9.17) is 0 Å². The van der Waals surface area contributed by atoms with Crippen molar-refractivity contribution in [1.29, 1.82) is 0 Å². The maximum absolute atomic E-state index is 13.6. The van der Waals surface area contributed by atoms with Crippen LogP contribution >= 0.6 is 0 Å². The molecular weight excluding hydrogens is 371 g/mol. The predicted molar refractivity (Wildman–Crippen MR) is 96.9 cm³/mol. The summed E-state index contributed by atoms with van der Waals surface area (Å²) in [6.07, 6.45) is 7.28. The molecular formula is C20H24F3N3O2. The van der Waals surface area contributed by atoms with E-state index < -0.39 is 29.0 Å². The van der Waals surface area contributed by atoms with Gasteiger partial charge in [0.05, 0.1) is 18.8 Å². The molecule has 152 valence electrons. The lowest BCUT2D eigenvalue weighted by Crippen LogP contribution is -2.60. The molecule has 0 radical (unpaired) electrons. The van der Waals surface area contributed by atoms with E-state index in [1.54, 1.807) is 0 Å². The zero-order valence-corrected chi connectivity index (χ0v) is 15.5. The molecule has 8 heteroatoms. The molecule has 0 spiro atoms. The van der Waals surface area contributed by atoms with Gasteiger partial charge in [0.1, 0.15) is 0 Å². The highest BCUT2D eigenvalue weighted by atomic mass is 19.2. The van der Waals surface area contributed by atoms with Crippen LogP contribution in [0.15, 0.2) is 12.1 Å². The Labute approximate surface area is 161 Å². The highest BCUT2D eigenvalue weighted by Crippen LogP contribution is 2.55. The Morgan fingerprint density at radius 2 is 1.50 bits per heavy atom. The van der Waals surface area contributed by atoms with Gasteiger partial charge < -0.3 is 16.0 Å². The lowest BCUT2D eigenvalue weighted by Gasteiger charge is -2.57. The number of amides is 2. The van der Waals surface area contributed by atoms with Gasteiger partial charge in [-0.3, -0.25) is 9.59 Å². The molecule has 0 atom stereocenters. The average Bonchev–Trinajstić information content (AvgIpc) is 2.64. The number of benzene rings is 1. The number of anilines is 1. The first-order valence-electron chi connectivity index (χ1n) is 9.78. The highest BCUT2D eigenvalue weighted by molar-refractivity contribution is 5.94. The van der Waals surface area contributed by atoms with Crippen molar-refractivity contribution >= 4 is 17.5 Å². The maximum Gasteiger partial charge on any atom is 0.243 e. The van der Waals surface area contributed by atoms with E-state index >= 15 is 0 Å². The first-order chi connectivity index (χ1) is 13.3. The first kappa shape index (κ1) is 19.2. The van der Waals surface area contributed by atoms with Crippen molar-refractivity contribution in [1.82, 2.24) is 10.6 Å². The van der Waals surface area contributed by atoms with Gasteiger partial charge in [-0.05, 0) is 68.4 Å². The lowest BCUT2D eigenvalue weighted by molar-refractivity contribution is -0.124. The second kappa shape index (κ2) is 7.39. The second-order valence-electron chi connectivity index (χ2n) is 8.60. The maximum atomic E-state index is 13.6. The zero-order chi connectivity index (χ0) is 19.9. The number of carbonyl (C=O) groups excluding carboxylic acids is 2. The molecule has 5 rings (SSSR count). The van der Waals surface area contributed by atoms with Crippen molar-refractivity contribution in [2.45, 2.75) is 44.1 Å². The normalized spacial score (nSPS) is 30.3. The van der Waals surface area contributed by atoms with Crippen molar-refractivity contribution in [3.8, 4) is 0 Å². The molecule has 0 heterocycles. The first-order valence-corrected chi connectivity index (χ1v) is 9.78. The van der Waals surface area contributed by atoms with Crippen LogP contribution in [-0.2, 0) is 9.59 Å². The largest absolute Gasteiger partial charge is 0.346 e. The molecule has 3 N–H and O–H groups in total. The summed E-state index contributed by atoms with van der Waals surface area (Å²) in [7, 11) is 0. The van der Waals surface area contributed by atoms with Crippen LogP contribution in [0.3, 0.4) is 0 Å². The van der Waals surface area contributed by atoms with Crippen LogP contribution < -0.4 is 16.0 Å². The molecule has 4 saturated carbocycles. The van der Waals surface area contributed by atoms with E-state index in [1.165, 1.54) is 19.3 Å². The molecule has 1 aromatic rings. The predicted octanol–water partition coefficient (Wildman–Crippen LogP) is 2.72. The highest BCUT2D eigenvalue weighted by Gasteiger charge is 2.50. The minimum atomic E-state index is -1.65. The van der Waals surface area contributed by atoms with E-state index in [-0.39, 0.29) is 24.5 Å². The number of hydrogen-bond donors (Lipinski definition) is 3. The topological polar surface area (TPSA) is 70.2 Å². The number of nitrogens with one attached hydrogen (secondary N) is 3. The Morgan fingerprint density at radius 3 is 2.11 bits per heavy atom. The van der Waals surface area contributed by atoms with Crippen LogP contribution in [0.4, 0.5) is 18.9 Å². The van der Waals surface area contributed by atoms with Gasteiger partial charge in [-0.15, -0.1) is 0 Å². The Bertz CT molecular complexity index is 764. The van der Waals surface area contributed by atoms with Crippen molar-refractivity contribution in [2.24, 2.45) is 17.8 Å². The van der Waals surface area contributed by atoms with Gasteiger partial charge >= 0.3 is 0 Å². The molecule has 4 aliphatic rings. The van der Waals surface area contributed by atoms with Gasteiger partial charge in [0.15, 0.2) is 17.5 Å². The molecule has 4 aliphatic carbocycles. The van der Waals surface area contributed by atoms with Crippen molar-refractivity contribution in [3.63, 3.8) is 0 Å². The molecule has 0 unspecified atom stereocenters. The summed E-state index contributed by atoms with van der Waals surface area (Å²) in [6.45, 7) is -0.251. The van der Waals surface area contributed by atoms with Gasteiger partial charge in [-0.2, -0.15) is 0 Å². The van der Waals surface area contributed by atoms with E-state index in [0.717, 1.165) is 49.1 Å². The van der Waals surface area contributed by atoms with Gasteiger partial charge in [0.2, 0.25) is 11.8 Å². The van der Waals surface area contributed by atoms with E-state index in [2.05, 4.69) is 16.0 Å². The number of rotatable bonds is 6. The third-order valence-electron chi connectivity index (χ3n) is 6.42. The SMILES string of the molecule is O=C(CNC12CC3CC(CC(C3)C1)C2)NCC(=O)Nc1ccc(F)c(F)c1F. The van der Waals surface area contributed by atoms with Crippen LogP contribution in [0.1, 0.15) is 38.5 Å². The second-order valence-corrected chi connectivity index (χ2v) is 8.60. The Kier molecular flexibility index (Phi) is 5.07. The molecule has 0 aromatic heterocycles. The summed E-state index contributed by atoms with van der Waals surface area (Å²) in [5.41, 5.74) is -0.423.